The van der Waals surface area contributed by atoms with E-state index in [-0.39, 0.29) is 5.91 Å². The van der Waals surface area contributed by atoms with Gasteiger partial charge in [0.2, 0.25) is 0 Å². The van der Waals surface area contributed by atoms with Crippen molar-refractivity contribution in [1.29, 1.82) is 0 Å². The molecule has 1 aliphatic heterocycles. The fourth-order valence-corrected chi connectivity index (χ4v) is 2.65. The lowest BCUT2D eigenvalue weighted by atomic mass is 10.1. The van der Waals surface area contributed by atoms with Crippen molar-refractivity contribution in [3.8, 4) is 0 Å². The van der Waals surface area contributed by atoms with Gasteiger partial charge in [-0.3, -0.25) is 9.69 Å². The van der Waals surface area contributed by atoms with Gasteiger partial charge in [-0.2, -0.15) is 0 Å². The Morgan fingerprint density at radius 1 is 1.13 bits per heavy atom. The molecule has 23 heavy (non-hydrogen) atoms. The third-order valence-electron chi connectivity index (χ3n) is 4.01. The van der Waals surface area contributed by atoms with Crippen LogP contribution in [0.1, 0.15) is 16.1 Å². The van der Waals surface area contributed by atoms with Crippen molar-refractivity contribution >= 4 is 17.4 Å². The third kappa shape index (κ3) is 3.51. The van der Waals surface area contributed by atoms with Gasteiger partial charge in [-0.25, -0.2) is 4.98 Å². The molecular weight excluding hydrogens is 290 g/mol. The van der Waals surface area contributed by atoms with Gasteiger partial charge in [-0.15, -0.1) is 0 Å². The SMILES string of the molecule is Cc1cccc(N(C)C(=O)c2ccc(N3CCOCC3)cc2)n1. The van der Waals surface area contributed by atoms with Crippen molar-refractivity contribution in [1.82, 2.24) is 4.98 Å². The van der Waals surface area contributed by atoms with Gasteiger partial charge < -0.3 is 9.64 Å². The minimum absolute atomic E-state index is 0.0587. The molecule has 3 rings (SSSR count). The zero-order valence-corrected chi connectivity index (χ0v) is 13.5. The summed E-state index contributed by atoms with van der Waals surface area (Å²) in [7, 11) is 1.75. The molecular formula is C18H21N3O2. The summed E-state index contributed by atoms with van der Waals surface area (Å²) in [6.07, 6.45) is 0. The molecule has 5 nitrogen and oxygen atoms in total. The van der Waals surface area contributed by atoms with E-state index in [1.54, 1.807) is 11.9 Å². The molecule has 0 spiro atoms. The number of anilines is 2. The van der Waals surface area contributed by atoms with Gasteiger partial charge in [0.1, 0.15) is 5.82 Å². The van der Waals surface area contributed by atoms with Crippen molar-refractivity contribution in [3.63, 3.8) is 0 Å². The standard InChI is InChI=1S/C18H21N3O2/c1-14-4-3-5-17(19-14)20(2)18(22)15-6-8-16(9-7-15)21-10-12-23-13-11-21/h3-9H,10-13H2,1-2H3. The lowest BCUT2D eigenvalue weighted by Gasteiger charge is -2.29. The normalized spacial score (nSPS) is 14.6. The second-order valence-corrected chi connectivity index (χ2v) is 5.65. The molecule has 0 N–H and O–H groups in total. The van der Waals surface area contributed by atoms with E-state index in [0.29, 0.717) is 11.4 Å². The van der Waals surface area contributed by atoms with Crippen molar-refractivity contribution in [2.45, 2.75) is 6.92 Å². The number of carbonyl (C=O) groups is 1. The van der Waals surface area contributed by atoms with E-state index >= 15 is 0 Å². The number of ether oxygens (including phenoxy) is 1. The number of aryl methyl sites for hydroxylation is 1. The average molecular weight is 311 g/mol. The van der Waals surface area contributed by atoms with E-state index < -0.39 is 0 Å². The van der Waals surface area contributed by atoms with Crippen LogP contribution in [0.15, 0.2) is 42.5 Å². The second kappa shape index (κ2) is 6.79. The Bertz CT molecular complexity index is 679. The number of hydrogen-bond acceptors (Lipinski definition) is 4. The fraction of sp³-hybridized carbons (Fsp3) is 0.333. The summed E-state index contributed by atoms with van der Waals surface area (Å²) in [4.78, 5) is 20.8. The van der Waals surface area contributed by atoms with E-state index in [2.05, 4.69) is 9.88 Å². The molecule has 0 bridgehead atoms. The molecule has 120 valence electrons. The van der Waals surface area contributed by atoms with Crippen LogP contribution < -0.4 is 9.80 Å². The molecule has 0 unspecified atom stereocenters. The van der Waals surface area contributed by atoms with Crippen molar-refractivity contribution < 1.29 is 9.53 Å². The Labute approximate surface area is 136 Å². The number of carbonyl (C=O) groups excluding carboxylic acids is 1. The Balaban J connectivity index is 1.74. The summed E-state index contributed by atoms with van der Waals surface area (Å²) >= 11 is 0. The summed E-state index contributed by atoms with van der Waals surface area (Å²) in [5.74, 6) is 0.601. The van der Waals surface area contributed by atoms with Gasteiger partial charge in [0.05, 0.1) is 13.2 Å². The van der Waals surface area contributed by atoms with Gasteiger partial charge in [-0.05, 0) is 43.3 Å². The molecule has 1 amide bonds. The van der Waals surface area contributed by atoms with Crippen LogP contribution in [0.4, 0.5) is 11.5 Å². The van der Waals surface area contributed by atoms with E-state index in [9.17, 15) is 4.79 Å². The van der Waals surface area contributed by atoms with Gasteiger partial charge in [0.15, 0.2) is 0 Å². The molecule has 2 aromatic rings. The number of hydrogen-bond donors (Lipinski definition) is 0. The molecule has 1 aromatic carbocycles. The van der Waals surface area contributed by atoms with Crippen LogP contribution in [-0.4, -0.2) is 44.2 Å². The van der Waals surface area contributed by atoms with Gasteiger partial charge >= 0.3 is 0 Å². The van der Waals surface area contributed by atoms with Crippen molar-refractivity contribution in [2.75, 3.05) is 43.2 Å². The Morgan fingerprint density at radius 2 is 1.83 bits per heavy atom. The van der Waals surface area contributed by atoms with E-state index in [1.165, 1.54) is 0 Å². The van der Waals surface area contributed by atoms with Gasteiger partial charge in [0.25, 0.3) is 5.91 Å². The largest absolute Gasteiger partial charge is 0.378 e. The number of benzene rings is 1. The summed E-state index contributed by atoms with van der Waals surface area (Å²) in [5, 5.41) is 0. The molecule has 5 heteroatoms. The summed E-state index contributed by atoms with van der Waals surface area (Å²) in [5.41, 5.74) is 2.68. The minimum Gasteiger partial charge on any atom is -0.378 e. The van der Waals surface area contributed by atoms with Crippen LogP contribution in [0, 0.1) is 6.92 Å². The molecule has 2 heterocycles. The average Bonchev–Trinajstić information content (AvgIpc) is 2.61. The first-order valence-electron chi connectivity index (χ1n) is 7.79. The number of nitrogens with zero attached hydrogens (tertiary/aromatic N) is 3. The van der Waals surface area contributed by atoms with Crippen molar-refractivity contribution in [2.24, 2.45) is 0 Å². The van der Waals surface area contributed by atoms with Crippen LogP contribution in [0.3, 0.4) is 0 Å². The zero-order valence-electron chi connectivity index (χ0n) is 13.5. The summed E-state index contributed by atoms with van der Waals surface area (Å²) in [6, 6.07) is 13.4. The lowest BCUT2D eigenvalue weighted by Crippen LogP contribution is -2.36. The highest BCUT2D eigenvalue weighted by Crippen LogP contribution is 2.19. The first kappa shape index (κ1) is 15.5. The van der Waals surface area contributed by atoms with Gasteiger partial charge in [0, 0.05) is 37.1 Å². The van der Waals surface area contributed by atoms with E-state index in [0.717, 1.165) is 37.7 Å². The first-order valence-corrected chi connectivity index (χ1v) is 7.79. The number of rotatable bonds is 3. The zero-order chi connectivity index (χ0) is 16.2. The van der Waals surface area contributed by atoms with Crippen LogP contribution in [0.25, 0.3) is 0 Å². The van der Waals surface area contributed by atoms with Crippen LogP contribution >= 0.6 is 0 Å². The smallest absolute Gasteiger partial charge is 0.259 e. The summed E-state index contributed by atoms with van der Waals surface area (Å²) < 4.78 is 5.36. The second-order valence-electron chi connectivity index (χ2n) is 5.65. The number of pyridine rings is 1. The Hall–Kier alpha value is -2.40. The highest BCUT2D eigenvalue weighted by Gasteiger charge is 2.16. The summed E-state index contributed by atoms with van der Waals surface area (Å²) in [6.45, 7) is 5.20. The maximum Gasteiger partial charge on any atom is 0.259 e. The topological polar surface area (TPSA) is 45.7 Å². The van der Waals surface area contributed by atoms with Crippen LogP contribution in [0.2, 0.25) is 0 Å². The quantitative estimate of drug-likeness (QED) is 0.874. The Kier molecular flexibility index (Phi) is 4.57. The maximum atomic E-state index is 12.6. The van der Waals surface area contributed by atoms with E-state index in [1.807, 2.05) is 49.4 Å². The van der Waals surface area contributed by atoms with Crippen LogP contribution in [0.5, 0.6) is 0 Å². The molecule has 0 aliphatic carbocycles. The number of morpholine rings is 1. The van der Waals surface area contributed by atoms with Crippen molar-refractivity contribution in [3.05, 3.63) is 53.7 Å². The molecule has 0 radical (unpaired) electrons. The molecule has 1 aliphatic rings. The molecule has 1 aromatic heterocycles. The molecule has 0 atom stereocenters. The monoisotopic (exact) mass is 311 g/mol. The number of amides is 1. The minimum atomic E-state index is -0.0587. The molecule has 1 saturated heterocycles. The lowest BCUT2D eigenvalue weighted by molar-refractivity contribution is 0.0992. The highest BCUT2D eigenvalue weighted by atomic mass is 16.5. The maximum absolute atomic E-state index is 12.6. The predicted molar refractivity (Wildman–Crippen MR) is 91.2 cm³/mol. The third-order valence-corrected chi connectivity index (χ3v) is 4.01. The predicted octanol–water partition coefficient (Wildman–Crippen LogP) is 2.50. The number of aromatic nitrogens is 1. The van der Waals surface area contributed by atoms with E-state index in [4.69, 9.17) is 4.74 Å². The fourth-order valence-electron chi connectivity index (χ4n) is 2.65. The first-order chi connectivity index (χ1) is 11.1. The molecule has 0 saturated carbocycles. The highest BCUT2D eigenvalue weighted by molar-refractivity contribution is 6.05. The molecule has 1 fully saturated rings. The van der Waals surface area contributed by atoms with Crippen LogP contribution in [-0.2, 0) is 4.74 Å². The Morgan fingerprint density at radius 3 is 2.48 bits per heavy atom. The van der Waals surface area contributed by atoms with Gasteiger partial charge in [-0.1, -0.05) is 6.07 Å².